The van der Waals surface area contributed by atoms with Gasteiger partial charge in [-0.2, -0.15) is 0 Å². The van der Waals surface area contributed by atoms with Crippen LogP contribution < -0.4 is 10.1 Å². The summed E-state index contributed by atoms with van der Waals surface area (Å²) >= 11 is 0. The van der Waals surface area contributed by atoms with Gasteiger partial charge in [0.1, 0.15) is 5.75 Å². The molecule has 0 unspecified atom stereocenters. The number of para-hydroxylation sites is 1. The van der Waals surface area contributed by atoms with Gasteiger partial charge in [-0.3, -0.25) is 9.69 Å². The molecular weight excluding hydrogens is 304 g/mol. The molecule has 2 saturated heterocycles. The Morgan fingerprint density at radius 2 is 2.00 bits per heavy atom. The molecule has 3 fully saturated rings. The van der Waals surface area contributed by atoms with Crippen molar-refractivity contribution < 1.29 is 14.3 Å². The van der Waals surface area contributed by atoms with E-state index in [1.165, 1.54) is 18.4 Å². The summed E-state index contributed by atoms with van der Waals surface area (Å²) in [7, 11) is 0. The molecule has 2 aliphatic heterocycles. The predicted octanol–water partition coefficient (Wildman–Crippen LogP) is 1.95. The lowest BCUT2D eigenvalue weighted by molar-refractivity contribution is -0.125. The first-order valence-electron chi connectivity index (χ1n) is 9.13. The van der Waals surface area contributed by atoms with Gasteiger partial charge in [-0.1, -0.05) is 18.2 Å². The number of carbonyl (C=O) groups excluding carboxylic acids is 1. The van der Waals surface area contributed by atoms with Crippen LogP contribution in [0, 0.1) is 5.92 Å². The second kappa shape index (κ2) is 7.11. The average Bonchev–Trinajstić information content (AvgIpc) is 2.94. The molecule has 1 saturated carbocycles. The largest absolute Gasteiger partial charge is 0.490 e. The third kappa shape index (κ3) is 3.57. The molecule has 24 heavy (non-hydrogen) atoms. The summed E-state index contributed by atoms with van der Waals surface area (Å²) in [5.41, 5.74) is 1.22. The fourth-order valence-corrected chi connectivity index (χ4v) is 4.03. The molecule has 0 spiro atoms. The maximum atomic E-state index is 12.1. The predicted molar refractivity (Wildman–Crippen MR) is 90.8 cm³/mol. The van der Waals surface area contributed by atoms with Crippen molar-refractivity contribution in [3.63, 3.8) is 0 Å². The number of ether oxygens (including phenoxy) is 2. The Balaban J connectivity index is 1.47. The van der Waals surface area contributed by atoms with Gasteiger partial charge in [0.25, 0.3) is 0 Å². The van der Waals surface area contributed by atoms with Crippen molar-refractivity contribution in [2.24, 2.45) is 5.92 Å². The minimum absolute atomic E-state index is 0.0691. The van der Waals surface area contributed by atoms with E-state index in [0.717, 1.165) is 38.2 Å². The number of nitrogens with one attached hydrogen (secondary N) is 1. The molecule has 2 atom stereocenters. The number of carbonyl (C=O) groups is 1. The molecule has 0 radical (unpaired) electrons. The number of amides is 1. The highest BCUT2D eigenvalue weighted by molar-refractivity contribution is 5.79. The number of benzene rings is 1. The van der Waals surface area contributed by atoms with Crippen LogP contribution in [-0.4, -0.2) is 49.3 Å². The average molecular weight is 330 g/mol. The second-order valence-corrected chi connectivity index (χ2v) is 7.27. The van der Waals surface area contributed by atoms with Crippen LogP contribution in [0.4, 0.5) is 0 Å². The number of rotatable bonds is 4. The van der Waals surface area contributed by atoms with Crippen LogP contribution in [0.2, 0.25) is 0 Å². The van der Waals surface area contributed by atoms with Crippen molar-refractivity contribution in [2.45, 2.75) is 44.4 Å². The SMILES string of the molecule is O=C1N[C@@H]2COC[C@H]1CN(Cc1ccccc1OC1CCCC1)C2. The monoisotopic (exact) mass is 330 g/mol. The molecule has 0 aromatic heterocycles. The second-order valence-electron chi connectivity index (χ2n) is 7.27. The lowest BCUT2D eigenvalue weighted by Crippen LogP contribution is -2.41. The minimum atomic E-state index is -0.0691. The van der Waals surface area contributed by atoms with Gasteiger partial charge in [0, 0.05) is 25.2 Å². The van der Waals surface area contributed by atoms with Gasteiger partial charge in [-0.05, 0) is 31.7 Å². The highest BCUT2D eigenvalue weighted by Crippen LogP contribution is 2.28. The highest BCUT2D eigenvalue weighted by atomic mass is 16.5. The van der Waals surface area contributed by atoms with Crippen LogP contribution in [0.3, 0.4) is 0 Å². The molecule has 1 aromatic rings. The Bertz CT molecular complexity index is 586. The van der Waals surface area contributed by atoms with Gasteiger partial charge in [0.2, 0.25) is 5.91 Å². The Labute approximate surface area is 143 Å². The van der Waals surface area contributed by atoms with Crippen LogP contribution in [0.25, 0.3) is 0 Å². The minimum Gasteiger partial charge on any atom is -0.490 e. The quantitative estimate of drug-likeness (QED) is 0.917. The Morgan fingerprint density at radius 3 is 2.88 bits per heavy atom. The van der Waals surface area contributed by atoms with E-state index in [-0.39, 0.29) is 17.9 Å². The molecule has 5 nitrogen and oxygen atoms in total. The van der Waals surface area contributed by atoms with Gasteiger partial charge in [-0.15, -0.1) is 0 Å². The number of nitrogens with zero attached hydrogens (tertiary/aromatic N) is 1. The standard InChI is InChI=1S/C19H26N2O3/c22-19-15-10-21(11-16(20-19)13-23-12-15)9-14-5-1-4-8-18(14)24-17-6-2-3-7-17/h1,4-5,8,15-17H,2-3,6-7,9-13H2,(H,20,22)/t15-,16+/m1/s1. The summed E-state index contributed by atoms with van der Waals surface area (Å²) < 4.78 is 11.9. The topological polar surface area (TPSA) is 50.8 Å². The van der Waals surface area contributed by atoms with E-state index in [1.807, 2.05) is 6.07 Å². The van der Waals surface area contributed by atoms with Crippen molar-refractivity contribution in [1.82, 2.24) is 10.2 Å². The van der Waals surface area contributed by atoms with Crippen LogP contribution in [0.5, 0.6) is 5.75 Å². The van der Waals surface area contributed by atoms with Gasteiger partial charge in [0.15, 0.2) is 0 Å². The van der Waals surface area contributed by atoms with E-state index in [4.69, 9.17) is 9.47 Å². The van der Waals surface area contributed by atoms with Crippen molar-refractivity contribution >= 4 is 5.91 Å². The fraction of sp³-hybridized carbons (Fsp3) is 0.632. The maximum Gasteiger partial charge on any atom is 0.227 e. The Kier molecular flexibility index (Phi) is 4.72. The van der Waals surface area contributed by atoms with Gasteiger partial charge >= 0.3 is 0 Å². The van der Waals surface area contributed by atoms with Crippen molar-refractivity contribution in [3.8, 4) is 5.75 Å². The lowest BCUT2D eigenvalue weighted by Gasteiger charge is -2.28. The van der Waals surface area contributed by atoms with Crippen LogP contribution in [-0.2, 0) is 16.1 Å². The van der Waals surface area contributed by atoms with E-state index in [1.54, 1.807) is 0 Å². The van der Waals surface area contributed by atoms with E-state index >= 15 is 0 Å². The Hall–Kier alpha value is -1.59. The van der Waals surface area contributed by atoms with E-state index < -0.39 is 0 Å². The molecule has 3 aliphatic rings. The molecule has 5 heteroatoms. The first-order valence-corrected chi connectivity index (χ1v) is 9.13. The van der Waals surface area contributed by atoms with Crippen LogP contribution >= 0.6 is 0 Å². The van der Waals surface area contributed by atoms with Crippen LogP contribution in [0.1, 0.15) is 31.2 Å². The summed E-state index contributed by atoms with van der Waals surface area (Å²) in [5, 5.41) is 3.09. The summed E-state index contributed by atoms with van der Waals surface area (Å²) in [4.78, 5) is 14.5. The molecule has 2 heterocycles. The molecule has 130 valence electrons. The van der Waals surface area contributed by atoms with Crippen molar-refractivity contribution in [3.05, 3.63) is 29.8 Å². The number of hydrogen-bond donors (Lipinski definition) is 1. The van der Waals surface area contributed by atoms with E-state index in [0.29, 0.717) is 19.3 Å². The summed E-state index contributed by atoms with van der Waals surface area (Å²) in [5.74, 6) is 1.07. The molecule has 1 amide bonds. The van der Waals surface area contributed by atoms with Gasteiger partial charge < -0.3 is 14.8 Å². The van der Waals surface area contributed by atoms with Gasteiger partial charge in [-0.25, -0.2) is 0 Å². The van der Waals surface area contributed by atoms with Crippen molar-refractivity contribution in [1.29, 1.82) is 0 Å². The van der Waals surface area contributed by atoms with E-state index in [9.17, 15) is 4.79 Å². The van der Waals surface area contributed by atoms with Gasteiger partial charge in [0.05, 0.1) is 31.3 Å². The highest BCUT2D eigenvalue weighted by Gasteiger charge is 2.33. The molecule has 1 N–H and O–H groups in total. The third-order valence-corrected chi connectivity index (χ3v) is 5.27. The zero-order chi connectivity index (χ0) is 16.4. The molecule has 4 rings (SSSR count). The third-order valence-electron chi connectivity index (χ3n) is 5.27. The lowest BCUT2D eigenvalue weighted by atomic mass is 10.1. The molecule has 1 aliphatic carbocycles. The molecular formula is C19H26N2O3. The fourth-order valence-electron chi connectivity index (χ4n) is 4.03. The molecule has 1 aromatic carbocycles. The zero-order valence-corrected chi connectivity index (χ0v) is 14.1. The summed E-state index contributed by atoms with van der Waals surface area (Å²) in [6.07, 6.45) is 5.24. The first kappa shape index (κ1) is 15.9. The van der Waals surface area contributed by atoms with Crippen LogP contribution in [0.15, 0.2) is 24.3 Å². The normalized spacial score (nSPS) is 28.4. The Morgan fingerprint density at radius 1 is 1.17 bits per heavy atom. The summed E-state index contributed by atoms with van der Waals surface area (Å²) in [6, 6.07) is 8.44. The van der Waals surface area contributed by atoms with E-state index in [2.05, 4.69) is 28.4 Å². The van der Waals surface area contributed by atoms with Crippen molar-refractivity contribution in [2.75, 3.05) is 26.3 Å². The first-order chi connectivity index (χ1) is 11.8. The number of hydrogen-bond acceptors (Lipinski definition) is 4. The maximum absolute atomic E-state index is 12.1. The smallest absolute Gasteiger partial charge is 0.227 e. The molecule has 2 bridgehead atoms. The number of fused-ring (bicyclic) bond motifs is 3. The zero-order valence-electron chi connectivity index (χ0n) is 14.1. The summed E-state index contributed by atoms with van der Waals surface area (Å²) in [6.45, 7) is 3.54.